The molecule has 0 N–H and O–H groups in total. The molecule has 13 heavy (non-hydrogen) atoms. The van der Waals surface area contributed by atoms with Gasteiger partial charge in [0.15, 0.2) is 0 Å². The van der Waals surface area contributed by atoms with Crippen LogP contribution in [0.1, 0.15) is 0 Å². The Bertz CT molecular complexity index is 521. The Kier molecular flexibility index (Phi) is 1.48. The van der Waals surface area contributed by atoms with E-state index in [2.05, 4.69) is 22.1 Å². The molecule has 3 aromatic rings. The van der Waals surface area contributed by atoms with E-state index in [0.717, 1.165) is 0 Å². The van der Waals surface area contributed by atoms with Gasteiger partial charge >= 0.3 is 80.7 Å². The molecule has 0 aromatic carbocycles. The SMILES string of the molecule is c1cnc2[se]c3cnccc3c2c1. The Hall–Kier alpha value is -1.18. The first-order valence-corrected chi connectivity index (χ1v) is 5.74. The number of aromatic nitrogens is 2. The van der Waals surface area contributed by atoms with Crippen LogP contribution in [0.15, 0.2) is 36.8 Å². The fourth-order valence-corrected chi connectivity index (χ4v) is 3.59. The molecular formula is C10H6N2Se. The molecule has 0 amide bonds. The zero-order chi connectivity index (χ0) is 8.67. The van der Waals surface area contributed by atoms with E-state index in [0.29, 0.717) is 14.5 Å². The van der Waals surface area contributed by atoms with Gasteiger partial charge in [-0.15, -0.1) is 0 Å². The van der Waals surface area contributed by atoms with E-state index in [1.165, 1.54) is 19.4 Å². The van der Waals surface area contributed by atoms with E-state index in [4.69, 9.17) is 0 Å². The molecule has 0 saturated carbocycles. The summed E-state index contributed by atoms with van der Waals surface area (Å²) in [6.07, 6.45) is 5.66. The van der Waals surface area contributed by atoms with Crippen LogP contribution in [-0.2, 0) is 0 Å². The summed E-state index contributed by atoms with van der Waals surface area (Å²) in [5, 5.41) is 2.61. The predicted molar refractivity (Wildman–Crippen MR) is 54.0 cm³/mol. The monoisotopic (exact) mass is 234 g/mol. The normalized spacial score (nSPS) is 11.1. The molecule has 0 bridgehead atoms. The first-order chi connectivity index (χ1) is 6.45. The van der Waals surface area contributed by atoms with Crippen LogP contribution in [0, 0.1) is 0 Å². The third-order valence-electron chi connectivity index (χ3n) is 2.05. The Morgan fingerprint density at radius 2 is 2.08 bits per heavy atom. The van der Waals surface area contributed by atoms with Gasteiger partial charge in [0.1, 0.15) is 0 Å². The Morgan fingerprint density at radius 3 is 3.08 bits per heavy atom. The molecule has 0 unspecified atom stereocenters. The fourth-order valence-electron chi connectivity index (χ4n) is 1.47. The van der Waals surface area contributed by atoms with Crippen molar-refractivity contribution in [1.82, 2.24) is 9.97 Å². The van der Waals surface area contributed by atoms with Crippen LogP contribution in [0.4, 0.5) is 0 Å². The summed E-state index contributed by atoms with van der Waals surface area (Å²) in [6, 6.07) is 6.20. The molecule has 3 heterocycles. The number of hydrogen-bond acceptors (Lipinski definition) is 2. The van der Waals surface area contributed by atoms with Gasteiger partial charge in [-0.05, 0) is 0 Å². The van der Waals surface area contributed by atoms with Crippen molar-refractivity contribution in [2.45, 2.75) is 0 Å². The van der Waals surface area contributed by atoms with Crippen molar-refractivity contribution in [2.24, 2.45) is 0 Å². The van der Waals surface area contributed by atoms with Gasteiger partial charge in [0.05, 0.1) is 0 Å². The minimum absolute atomic E-state index is 0.361. The first kappa shape index (κ1) is 7.24. The van der Waals surface area contributed by atoms with Crippen LogP contribution in [0.3, 0.4) is 0 Å². The van der Waals surface area contributed by atoms with Crippen LogP contribution < -0.4 is 0 Å². The average molecular weight is 233 g/mol. The van der Waals surface area contributed by atoms with Gasteiger partial charge in [-0.2, -0.15) is 0 Å². The average Bonchev–Trinajstić information content (AvgIpc) is 2.56. The number of pyridine rings is 2. The van der Waals surface area contributed by atoms with E-state index in [9.17, 15) is 0 Å². The second kappa shape index (κ2) is 2.66. The molecule has 0 radical (unpaired) electrons. The summed E-state index contributed by atoms with van der Waals surface area (Å²) in [6.45, 7) is 0. The standard InChI is InChI=1S/C10H6N2Se/c1-2-8-7-3-5-11-6-9(7)13-10(8)12-4-1/h1-6H. The van der Waals surface area contributed by atoms with Crippen molar-refractivity contribution in [3.8, 4) is 0 Å². The zero-order valence-corrected chi connectivity index (χ0v) is 8.48. The Labute approximate surface area is 81.0 Å². The zero-order valence-electron chi connectivity index (χ0n) is 6.77. The van der Waals surface area contributed by atoms with Crippen LogP contribution >= 0.6 is 0 Å². The van der Waals surface area contributed by atoms with Crippen molar-refractivity contribution in [2.75, 3.05) is 0 Å². The summed E-state index contributed by atoms with van der Waals surface area (Å²) in [5.41, 5.74) is 0. The number of fused-ring (bicyclic) bond motifs is 3. The fraction of sp³-hybridized carbons (Fsp3) is 0. The molecule has 0 saturated heterocycles. The van der Waals surface area contributed by atoms with E-state index in [1.54, 1.807) is 0 Å². The Balaban J connectivity index is 2.64. The molecule has 62 valence electrons. The van der Waals surface area contributed by atoms with Gasteiger partial charge in [0.25, 0.3) is 0 Å². The topological polar surface area (TPSA) is 25.8 Å². The molecule has 3 heteroatoms. The van der Waals surface area contributed by atoms with E-state index >= 15 is 0 Å². The summed E-state index contributed by atoms with van der Waals surface area (Å²) < 4.78 is 2.58. The van der Waals surface area contributed by atoms with Gasteiger partial charge in [-0.3, -0.25) is 0 Å². The first-order valence-electron chi connectivity index (χ1n) is 4.02. The molecule has 3 rings (SSSR count). The molecule has 0 atom stereocenters. The summed E-state index contributed by atoms with van der Waals surface area (Å²) in [5.74, 6) is 0. The molecule has 0 aliphatic carbocycles. The third kappa shape index (κ3) is 1.01. The maximum absolute atomic E-state index is 4.37. The van der Waals surface area contributed by atoms with Crippen LogP contribution in [-0.4, -0.2) is 24.5 Å². The van der Waals surface area contributed by atoms with Crippen molar-refractivity contribution < 1.29 is 0 Å². The van der Waals surface area contributed by atoms with Gasteiger partial charge in [0, 0.05) is 0 Å². The third-order valence-corrected chi connectivity index (χ3v) is 4.28. The molecule has 2 nitrogen and oxygen atoms in total. The van der Waals surface area contributed by atoms with Crippen molar-refractivity contribution in [3.05, 3.63) is 36.8 Å². The van der Waals surface area contributed by atoms with E-state index < -0.39 is 0 Å². The summed E-state index contributed by atoms with van der Waals surface area (Å²) in [7, 11) is 0. The quantitative estimate of drug-likeness (QED) is 0.554. The van der Waals surface area contributed by atoms with Crippen LogP contribution in [0.5, 0.6) is 0 Å². The maximum atomic E-state index is 4.37. The van der Waals surface area contributed by atoms with Gasteiger partial charge < -0.3 is 0 Å². The molecular weight excluding hydrogens is 227 g/mol. The second-order valence-electron chi connectivity index (χ2n) is 2.83. The molecule has 3 aromatic heterocycles. The summed E-state index contributed by atoms with van der Waals surface area (Å²) >= 11 is 0.361. The molecule has 0 aliphatic rings. The second-order valence-corrected chi connectivity index (χ2v) is 4.99. The number of nitrogens with zero attached hydrogens (tertiary/aromatic N) is 2. The van der Waals surface area contributed by atoms with Gasteiger partial charge in [-0.25, -0.2) is 0 Å². The van der Waals surface area contributed by atoms with Crippen molar-refractivity contribution >= 4 is 33.9 Å². The number of rotatable bonds is 0. The van der Waals surface area contributed by atoms with Gasteiger partial charge in [-0.1, -0.05) is 0 Å². The van der Waals surface area contributed by atoms with E-state index in [1.807, 2.05) is 24.7 Å². The van der Waals surface area contributed by atoms with Crippen molar-refractivity contribution in [1.29, 1.82) is 0 Å². The van der Waals surface area contributed by atoms with Gasteiger partial charge in [0.2, 0.25) is 0 Å². The molecule has 0 fully saturated rings. The van der Waals surface area contributed by atoms with Crippen molar-refractivity contribution in [3.63, 3.8) is 0 Å². The van der Waals surface area contributed by atoms with Crippen LogP contribution in [0.2, 0.25) is 0 Å². The number of hydrogen-bond donors (Lipinski definition) is 0. The Morgan fingerprint density at radius 1 is 1.08 bits per heavy atom. The summed E-state index contributed by atoms with van der Waals surface area (Å²) in [4.78, 5) is 8.50. The van der Waals surface area contributed by atoms with Crippen LogP contribution in [0.25, 0.3) is 19.4 Å². The molecule has 0 spiro atoms. The van der Waals surface area contributed by atoms with E-state index in [-0.39, 0.29) is 0 Å². The minimum atomic E-state index is 0.361. The predicted octanol–water partition coefficient (Wildman–Crippen LogP) is 1.84. The molecule has 0 aliphatic heterocycles.